The van der Waals surface area contributed by atoms with Crippen LogP contribution in [0.25, 0.3) is 16.0 Å². The van der Waals surface area contributed by atoms with Gasteiger partial charge in [0.2, 0.25) is 5.88 Å². The molecule has 0 amide bonds. The number of hydrogen-bond acceptors (Lipinski definition) is 9. The Bertz CT molecular complexity index is 1440. The molecule has 3 aliphatic heterocycles. The molecule has 7 rings (SSSR count). The molecule has 2 atom stereocenters. The summed E-state index contributed by atoms with van der Waals surface area (Å²) < 4.78 is 12.9. The topological polar surface area (TPSA) is 91.8 Å². The summed E-state index contributed by atoms with van der Waals surface area (Å²) in [6, 6.07) is 9.32. The number of fused-ring (bicyclic) bond motifs is 3. The predicted molar refractivity (Wildman–Crippen MR) is 142 cm³/mol. The van der Waals surface area contributed by atoms with Crippen molar-refractivity contribution in [2.24, 2.45) is 5.92 Å². The molecule has 0 saturated carbocycles. The normalized spacial score (nSPS) is 19.2. The maximum absolute atomic E-state index is 9.67. The van der Waals surface area contributed by atoms with Crippen molar-refractivity contribution in [3.8, 4) is 28.1 Å². The average Bonchev–Trinajstić information content (AvgIpc) is 3.58. The summed E-state index contributed by atoms with van der Waals surface area (Å²) in [5.41, 5.74) is 3.46. The highest BCUT2D eigenvalue weighted by Gasteiger charge is 2.45. The fourth-order valence-corrected chi connectivity index (χ4v) is 6.13. The van der Waals surface area contributed by atoms with E-state index in [0.717, 1.165) is 46.5 Å². The molecule has 2 bridgehead atoms. The Hall–Kier alpha value is -3.68. The molecule has 10 heteroatoms. The number of piperazine rings is 1. The Morgan fingerprint density at radius 2 is 2.00 bits per heavy atom. The van der Waals surface area contributed by atoms with Crippen LogP contribution >= 0.6 is 11.3 Å². The Labute approximate surface area is 219 Å². The number of piperidine rings is 1. The number of pyridine rings is 2. The Kier molecular flexibility index (Phi) is 6.18. The number of nitriles is 1. The standard InChI is InChI=1S/C27H29N7O2S/c1-17(2)16-36-22-7-23(26-19(8-28)10-31-34(26)15-22)24-11-30-27(37-24)32-13-20-6-21(14-32)33(20)12-18-4-5-25(35-3)29-9-18/h4-5,7,9-11,15,17,20-21H,6,12-14,16H2,1-3H3. The molecule has 37 heavy (non-hydrogen) atoms. The third-order valence-corrected chi connectivity index (χ3v) is 8.13. The lowest BCUT2D eigenvalue weighted by molar-refractivity contribution is -0.00852. The second-order valence-electron chi connectivity index (χ2n) is 10.1. The molecule has 0 N–H and O–H groups in total. The molecule has 2 unspecified atom stereocenters. The minimum absolute atomic E-state index is 0.410. The lowest BCUT2D eigenvalue weighted by atomic mass is 9.87. The summed E-state index contributed by atoms with van der Waals surface area (Å²) in [6.07, 6.45) is 8.49. The lowest BCUT2D eigenvalue weighted by Crippen LogP contribution is -2.68. The number of methoxy groups -OCH3 is 1. The first-order valence-corrected chi connectivity index (χ1v) is 13.3. The molecule has 0 radical (unpaired) electrons. The van der Waals surface area contributed by atoms with Crippen molar-refractivity contribution in [2.45, 2.75) is 38.9 Å². The van der Waals surface area contributed by atoms with Crippen LogP contribution in [0.2, 0.25) is 0 Å². The number of ether oxygens (including phenoxy) is 2. The van der Waals surface area contributed by atoms with Gasteiger partial charge in [0, 0.05) is 55.7 Å². The zero-order valence-corrected chi connectivity index (χ0v) is 22.0. The summed E-state index contributed by atoms with van der Waals surface area (Å²) in [5.74, 6) is 1.79. The quantitative estimate of drug-likeness (QED) is 0.344. The summed E-state index contributed by atoms with van der Waals surface area (Å²) in [4.78, 5) is 15.1. The van der Waals surface area contributed by atoms with Crippen LogP contribution in [0.3, 0.4) is 0 Å². The van der Waals surface area contributed by atoms with Crippen molar-refractivity contribution in [3.63, 3.8) is 0 Å². The first-order valence-electron chi connectivity index (χ1n) is 12.5. The molecule has 190 valence electrons. The Morgan fingerprint density at radius 1 is 1.16 bits per heavy atom. The van der Waals surface area contributed by atoms with E-state index in [4.69, 9.17) is 14.5 Å². The lowest BCUT2D eigenvalue weighted by Gasteiger charge is -2.56. The molecule has 3 fully saturated rings. The average molecular weight is 516 g/mol. The molecule has 7 heterocycles. The summed E-state index contributed by atoms with van der Waals surface area (Å²) in [6.45, 7) is 7.67. The van der Waals surface area contributed by atoms with Gasteiger partial charge in [-0.05, 0) is 24.0 Å². The second-order valence-corrected chi connectivity index (χ2v) is 11.1. The van der Waals surface area contributed by atoms with Crippen molar-refractivity contribution in [3.05, 3.63) is 54.1 Å². The van der Waals surface area contributed by atoms with Crippen LogP contribution in [-0.2, 0) is 6.54 Å². The van der Waals surface area contributed by atoms with Crippen LogP contribution in [0.15, 0.2) is 43.0 Å². The third-order valence-electron chi connectivity index (χ3n) is 7.04. The minimum Gasteiger partial charge on any atom is -0.492 e. The molecular formula is C27H29N7O2S. The highest BCUT2D eigenvalue weighted by Crippen LogP contribution is 2.40. The summed E-state index contributed by atoms with van der Waals surface area (Å²) >= 11 is 1.66. The molecule has 3 aliphatic rings. The van der Waals surface area contributed by atoms with Gasteiger partial charge in [-0.25, -0.2) is 14.5 Å². The van der Waals surface area contributed by atoms with Crippen molar-refractivity contribution < 1.29 is 9.47 Å². The van der Waals surface area contributed by atoms with Gasteiger partial charge in [0.1, 0.15) is 11.8 Å². The molecule has 0 aromatic carbocycles. The van der Waals surface area contributed by atoms with Crippen LogP contribution in [0.5, 0.6) is 11.6 Å². The van der Waals surface area contributed by atoms with Gasteiger partial charge >= 0.3 is 0 Å². The van der Waals surface area contributed by atoms with Crippen LogP contribution in [0, 0.1) is 17.2 Å². The van der Waals surface area contributed by atoms with Crippen molar-refractivity contribution in [1.82, 2.24) is 24.5 Å². The first-order chi connectivity index (χ1) is 18.0. The van der Waals surface area contributed by atoms with Gasteiger partial charge in [0.05, 0.1) is 42.1 Å². The first kappa shape index (κ1) is 23.7. The van der Waals surface area contributed by atoms with E-state index in [1.807, 2.05) is 30.7 Å². The van der Waals surface area contributed by atoms with Gasteiger partial charge in [-0.2, -0.15) is 10.4 Å². The Balaban J connectivity index is 1.21. The Morgan fingerprint density at radius 3 is 2.70 bits per heavy atom. The highest BCUT2D eigenvalue weighted by atomic mass is 32.1. The summed E-state index contributed by atoms with van der Waals surface area (Å²) in [7, 11) is 1.64. The maximum Gasteiger partial charge on any atom is 0.212 e. The molecule has 4 aromatic heterocycles. The van der Waals surface area contributed by atoms with E-state index in [9.17, 15) is 5.26 Å². The van der Waals surface area contributed by atoms with Crippen molar-refractivity contribution in [2.75, 3.05) is 31.7 Å². The van der Waals surface area contributed by atoms with E-state index < -0.39 is 0 Å². The van der Waals surface area contributed by atoms with Crippen LogP contribution < -0.4 is 14.4 Å². The fraction of sp³-hybridized carbons (Fsp3) is 0.407. The zero-order chi connectivity index (χ0) is 25.5. The van der Waals surface area contributed by atoms with E-state index in [1.54, 1.807) is 29.2 Å². The van der Waals surface area contributed by atoms with Gasteiger partial charge < -0.3 is 14.4 Å². The molecule has 4 aromatic rings. The third kappa shape index (κ3) is 4.49. The molecular weight excluding hydrogens is 486 g/mol. The van der Waals surface area contributed by atoms with E-state index >= 15 is 0 Å². The van der Waals surface area contributed by atoms with Crippen molar-refractivity contribution in [1.29, 1.82) is 5.26 Å². The van der Waals surface area contributed by atoms with Gasteiger partial charge in [-0.3, -0.25) is 4.90 Å². The van der Waals surface area contributed by atoms with E-state index in [-0.39, 0.29) is 0 Å². The summed E-state index contributed by atoms with van der Waals surface area (Å²) in [5, 5.41) is 15.1. The maximum atomic E-state index is 9.67. The predicted octanol–water partition coefficient (Wildman–Crippen LogP) is 4.23. The molecule has 3 saturated heterocycles. The SMILES string of the molecule is COc1ccc(CN2C3CC2CN(c2ncc(-c4cc(OCC(C)C)cn5ncc(C#N)c45)s2)C3)cn1. The van der Waals surface area contributed by atoms with Crippen molar-refractivity contribution >= 4 is 22.0 Å². The van der Waals surface area contributed by atoms with E-state index in [2.05, 4.69) is 45.9 Å². The second kappa shape index (κ2) is 9.65. The largest absolute Gasteiger partial charge is 0.492 e. The number of thiazole rings is 1. The monoisotopic (exact) mass is 515 g/mol. The van der Waals surface area contributed by atoms with Gasteiger partial charge in [0.25, 0.3) is 0 Å². The van der Waals surface area contributed by atoms with Gasteiger partial charge in [-0.15, -0.1) is 0 Å². The number of rotatable bonds is 8. The minimum atomic E-state index is 0.410. The van der Waals surface area contributed by atoms with E-state index in [0.29, 0.717) is 36.1 Å². The molecule has 0 spiro atoms. The number of nitrogens with zero attached hydrogens (tertiary/aromatic N) is 7. The molecule has 0 aliphatic carbocycles. The molecule has 9 nitrogen and oxygen atoms in total. The fourth-order valence-electron chi connectivity index (χ4n) is 5.18. The number of aromatic nitrogens is 4. The highest BCUT2D eigenvalue weighted by molar-refractivity contribution is 7.19. The van der Waals surface area contributed by atoms with E-state index in [1.165, 1.54) is 12.0 Å². The van der Waals surface area contributed by atoms with Crippen LogP contribution in [0.4, 0.5) is 5.13 Å². The van der Waals surface area contributed by atoms with Crippen LogP contribution in [0.1, 0.15) is 31.4 Å². The van der Waals surface area contributed by atoms with Gasteiger partial charge in [-0.1, -0.05) is 31.3 Å². The van der Waals surface area contributed by atoms with Gasteiger partial charge in [0.15, 0.2) is 5.13 Å². The smallest absolute Gasteiger partial charge is 0.212 e. The van der Waals surface area contributed by atoms with Crippen LogP contribution in [-0.4, -0.2) is 63.4 Å². The zero-order valence-electron chi connectivity index (χ0n) is 21.2. The number of anilines is 1. The number of hydrogen-bond donors (Lipinski definition) is 0.